The molecule has 0 saturated carbocycles. The molecule has 2 aliphatic heterocycles. The molecule has 5 rings (SSSR count). The molecule has 172 valence electrons. The number of amides is 1. The largest absolute Gasteiger partial charge is 0.485 e. The van der Waals surface area contributed by atoms with Crippen LogP contribution >= 0.6 is 11.6 Å². The van der Waals surface area contributed by atoms with Crippen LogP contribution in [0.25, 0.3) is 11.3 Å². The Labute approximate surface area is 196 Å². The third-order valence-electron chi connectivity index (χ3n) is 5.83. The number of para-hydroxylation sites is 2. The maximum absolute atomic E-state index is 13.5. The van der Waals surface area contributed by atoms with E-state index in [-0.39, 0.29) is 30.6 Å². The van der Waals surface area contributed by atoms with E-state index in [2.05, 4.69) is 0 Å². The van der Waals surface area contributed by atoms with Gasteiger partial charge in [0.2, 0.25) is 6.10 Å². The molecule has 0 N–H and O–H groups in total. The van der Waals surface area contributed by atoms with Crippen LogP contribution in [0.3, 0.4) is 0 Å². The number of carbonyl (C=O) groups excluding carboxylic acids is 1. The highest BCUT2D eigenvalue weighted by Crippen LogP contribution is 2.32. The summed E-state index contributed by atoms with van der Waals surface area (Å²) in [5, 5.41) is 0.626. The summed E-state index contributed by atoms with van der Waals surface area (Å²) in [6, 6.07) is 17.6. The number of fused-ring (bicyclic) bond motifs is 1. The molecule has 33 heavy (non-hydrogen) atoms. The molecule has 7 nitrogen and oxygen atoms in total. The number of halogens is 1. The van der Waals surface area contributed by atoms with Crippen LogP contribution in [0.2, 0.25) is 5.02 Å². The second-order valence-electron chi connectivity index (χ2n) is 8.16. The first-order chi connectivity index (χ1) is 15.9. The fraction of sp³-hybridized carbons (Fsp3) is 0.292. The van der Waals surface area contributed by atoms with E-state index in [1.165, 1.54) is 0 Å². The van der Waals surface area contributed by atoms with Gasteiger partial charge in [-0.2, -0.15) is 0 Å². The molecule has 0 spiro atoms. The van der Waals surface area contributed by atoms with E-state index in [1.54, 1.807) is 41.3 Å². The molecule has 0 bridgehead atoms. The molecule has 3 heterocycles. The van der Waals surface area contributed by atoms with Gasteiger partial charge in [0.25, 0.3) is 5.91 Å². The van der Waals surface area contributed by atoms with E-state index in [0.717, 1.165) is 5.56 Å². The van der Waals surface area contributed by atoms with Crippen LogP contribution in [0.5, 0.6) is 11.5 Å². The number of rotatable bonds is 5. The molecule has 0 aliphatic carbocycles. The number of ether oxygens (including phenoxy) is 2. The second kappa shape index (κ2) is 8.76. The molecule has 2 aliphatic rings. The summed E-state index contributed by atoms with van der Waals surface area (Å²) in [6.45, 7) is 0.189. The zero-order valence-corrected chi connectivity index (χ0v) is 19.2. The molecule has 1 amide bonds. The third-order valence-corrected chi connectivity index (χ3v) is 7.84. The van der Waals surface area contributed by atoms with Gasteiger partial charge >= 0.3 is 0 Å². The fourth-order valence-electron chi connectivity index (χ4n) is 4.13. The third kappa shape index (κ3) is 4.72. The van der Waals surface area contributed by atoms with Crippen LogP contribution in [0, 0.1) is 0 Å². The predicted molar refractivity (Wildman–Crippen MR) is 123 cm³/mol. The molecule has 1 fully saturated rings. The molecule has 1 saturated heterocycles. The summed E-state index contributed by atoms with van der Waals surface area (Å²) in [6.07, 6.45) is -0.489. The molecule has 0 radical (unpaired) electrons. The van der Waals surface area contributed by atoms with Gasteiger partial charge in [-0.05, 0) is 55.0 Å². The number of benzene rings is 2. The number of sulfone groups is 1. The van der Waals surface area contributed by atoms with Crippen molar-refractivity contribution in [3.63, 3.8) is 0 Å². The van der Waals surface area contributed by atoms with Crippen LogP contribution in [0.15, 0.2) is 65.1 Å². The van der Waals surface area contributed by atoms with Crippen molar-refractivity contribution in [2.24, 2.45) is 0 Å². The van der Waals surface area contributed by atoms with E-state index >= 15 is 0 Å². The van der Waals surface area contributed by atoms with Crippen molar-refractivity contribution in [2.45, 2.75) is 25.1 Å². The lowest BCUT2D eigenvalue weighted by molar-refractivity contribution is -0.144. The van der Waals surface area contributed by atoms with Crippen LogP contribution in [-0.4, -0.2) is 49.5 Å². The van der Waals surface area contributed by atoms with Gasteiger partial charge in [-0.25, -0.2) is 8.42 Å². The molecular weight excluding hydrogens is 466 g/mol. The van der Waals surface area contributed by atoms with Crippen molar-refractivity contribution in [1.29, 1.82) is 0 Å². The Balaban J connectivity index is 1.39. The van der Waals surface area contributed by atoms with Crippen molar-refractivity contribution >= 4 is 27.3 Å². The van der Waals surface area contributed by atoms with Crippen molar-refractivity contribution in [2.75, 3.05) is 18.1 Å². The lowest BCUT2D eigenvalue weighted by Gasteiger charge is -2.33. The maximum atomic E-state index is 13.5. The van der Waals surface area contributed by atoms with Gasteiger partial charge in [-0.3, -0.25) is 4.79 Å². The maximum Gasteiger partial charge on any atom is 0.267 e. The predicted octanol–water partition coefficient (Wildman–Crippen LogP) is 3.96. The summed E-state index contributed by atoms with van der Waals surface area (Å²) < 4.78 is 41.9. The lowest BCUT2D eigenvalue weighted by Crippen LogP contribution is -2.50. The Kier molecular flexibility index (Phi) is 5.80. The molecule has 3 aromatic rings. The lowest BCUT2D eigenvalue weighted by atomic mass is 10.1. The fourth-order valence-corrected chi connectivity index (χ4v) is 5.99. The number of nitrogens with zero attached hydrogens (tertiary/aromatic N) is 1. The second-order valence-corrected chi connectivity index (χ2v) is 10.8. The molecular formula is C24H22ClNO6S. The normalized spacial score (nSPS) is 21.0. The highest BCUT2D eigenvalue weighted by Gasteiger charge is 2.39. The Morgan fingerprint density at radius 2 is 1.79 bits per heavy atom. The van der Waals surface area contributed by atoms with Gasteiger partial charge in [0.1, 0.15) is 18.1 Å². The van der Waals surface area contributed by atoms with Gasteiger partial charge in [-0.15, -0.1) is 0 Å². The molecule has 1 aromatic heterocycles. The standard InChI is InChI=1S/C24H22ClNO6S/c25-17-7-5-16(6-8-17)20-10-9-19(31-20)13-26(18-11-12-33(28,29)15-18)24(27)23-14-30-21-3-1-2-4-22(21)32-23/h1-10,18,23H,11-15H2. The minimum absolute atomic E-state index is 0.0556. The number of hydrogen-bond acceptors (Lipinski definition) is 6. The molecule has 2 unspecified atom stereocenters. The first-order valence-corrected chi connectivity index (χ1v) is 12.8. The first kappa shape index (κ1) is 21.9. The first-order valence-electron chi connectivity index (χ1n) is 10.6. The Morgan fingerprint density at radius 3 is 2.52 bits per heavy atom. The highest BCUT2D eigenvalue weighted by molar-refractivity contribution is 7.91. The molecule has 2 atom stereocenters. The van der Waals surface area contributed by atoms with Gasteiger partial charge in [0, 0.05) is 16.6 Å². The average molecular weight is 488 g/mol. The van der Waals surface area contributed by atoms with Gasteiger partial charge in [0.05, 0.1) is 18.1 Å². The van der Waals surface area contributed by atoms with E-state index in [0.29, 0.717) is 34.5 Å². The summed E-state index contributed by atoms with van der Waals surface area (Å²) >= 11 is 5.96. The minimum atomic E-state index is -3.20. The summed E-state index contributed by atoms with van der Waals surface area (Å²) in [4.78, 5) is 15.0. The van der Waals surface area contributed by atoms with Crippen LogP contribution in [-0.2, 0) is 21.2 Å². The van der Waals surface area contributed by atoms with Crippen molar-refractivity contribution in [1.82, 2.24) is 4.90 Å². The van der Waals surface area contributed by atoms with Crippen molar-refractivity contribution in [3.8, 4) is 22.8 Å². The highest BCUT2D eigenvalue weighted by atomic mass is 35.5. The van der Waals surface area contributed by atoms with Gasteiger partial charge in [0.15, 0.2) is 21.3 Å². The summed E-state index contributed by atoms with van der Waals surface area (Å²) in [5.74, 6) is 1.91. The van der Waals surface area contributed by atoms with E-state index in [4.69, 9.17) is 25.5 Å². The monoisotopic (exact) mass is 487 g/mol. The SMILES string of the molecule is O=C(C1COc2ccccc2O1)N(Cc1ccc(-c2ccc(Cl)cc2)o1)C1CCS(=O)(=O)C1. The van der Waals surface area contributed by atoms with E-state index in [9.17, 15) is 13.2 Å². The topological polar surface area (TPSA) is 86.1 Å². The van der Waals surface area contributed by atoms with Gasteiger partial charge in [-0.1, -0.05) is 23.7 Å². The smallest absolute Gasteiger partial charge is 0.267 e. The summed E-state index contributed by atoms with van der Waals surface area (Å²) in [5.41, 5.74) is 0.854. The zero-order valence-electron chi connectivity index (χ0n) is 17.6. The quantitative estimate of drug-likeness (QED) is 0.541. The number of carbonyl (C=O) groups is 1. The Bertz CT molecular complexity index is 1270. The van der Waals surface area contributed by atoms with Crippen LogP contribution in [0.1, 0.15) is 12.2 Å². The zero-order chi connectivity index (χ0) is 23.0. The van der Waals surface area contributed by atoms with Gasteiger partial charge < -0.3 is 18.8 Å². The van der Waals surface area contributed by atoms with E-state index < -0.39 is 22.0 Å². The number of furan rings is 1. The summed E-state index contributed by atoms with van der Waals surface area (Å²) in [7, 11) is -3.20. The van der Waals surface area contributed by atoms with E-state index in [1.807, 2.05) is 24.3 Å². The molecule has 2 aromatic carbocycles. The van der Waals surface area contributed by atoms with Crippen molar-refractivity contribution < 1.29 is 27.1 Å². The Morgan fingerprint density at radius 1 is 1.03 bits per heavy atom. The Hall–Kier alpha value is -2.97. The minimum Gasteiger partial charge on any atom is -0.485 e. The van der Waals surface area contributed by atoms with Crippen molar-refractivity contribution in [3.05, 3.63) is 71.4 Å². The average Bonchev–Trinajstić information content (AvgIpc) is 3.43. The van der Waals surface area contributed by atoms with Crippen LogP contribution < -0.4 is 9.47 Å². The number of hydrogen-bond donors (Lipinski definition) is 0. The van der Waals surface area contributed by atoms with Crippen LogP contribution in [0.4, 0.5) is 0 Å². The molecule has 9 heteroatoms.